The third kappa shape index (κ3) is 3.75. The highest BCUT2D eigenvalue weighted by Gasteiger charge is 2.09. The van der Waals surface area contributed by atoms with Gasteiger partial charge in [-0.3, -0.25) is 0 Å². The summed E-state index contributed by atoms with van der Waals surface area (Å²) in [5.41, 5.74) is 6.68. The second-order valence-corrected chi connectivity index (χ2v) is 4.11. The van der Waals surface area contributed by atoms with Gasteiger partial charge in [0.15, 0.2) is 0 Å². The second kappa shape index (κ2) is 6.64. The smallest absolute Gasteiger partial charge is 0.0454 e. The van der Waals surface area contributed by atoms with E-state index in [9.17, 15) is 0 Å². The third-order valence-electron chi connectivity index (χ3n) is 1.80. The summed E-state index contributed by atoms with van der Waals surface area (Å²) in [6, 6.07) is 5.33. The van der Waals surface area contributed by atoms with Gasteiger partial charge in [0.1, 0.15) is 0 Å². The van der Waals surface area contributed by atoms with Gasteiger partial charge >= 0.3 is 0 Å². The molecular formula is C9H12BrCl2NO. The minimum atomic E-state index is -0.199. The summed E-state index contributed by atoms with van der Waals surface area (Å²) in [6.07, 6.45) is 0.524. The summed E-state index contributed by atoms with van der Waals surface area (Å²) < 4.78 is 0.945. The number of aliphatic hydroxyl groups is 1. The number of hydrogen-bond donors (Lipinski definition) is 2. The van der Waals surface area contributed by atoms with Gasteiger partial charge in [0, 0.05) is 22.1 Å². The highest BCUT2D eigenvalue weighted by atomic mass is 79.9. The second-order valence-electron chi connectivity index (χ2n) is 2.78. The lowest BCUT2D eigenvalue weighted by Gasteiger charge is -2.12. The highest BCUT2D eigenvalue weighted by molar-refractivity contribution is 9.10. The molecule has 1 aromatic carbocycles. The van der Waals surface area contributed by atoms with Crippen molar-refractivity contribution in [1.82, 2.24) is 0 Å². The van der Waals surface area contributed by atoms with Gasteiger partial charge in [0.05, 0.1) is 0 Å². The first-order valence-electron chi connectivity index (χ1n) is 3.96. The van der Waals surface area contributed by atoms with Gasteiger partial charge in [-0.1, -0.05) is 27.5 Å². The van der Waals surface area contributed by atoms with E-state index in [0.717, 1.165) is 10.0 Å². The van der Waals surface area contributed by atoms with Crippen molar-refractivity contribution in [3.8, 4) is 0 Å². The van der Waals surface area contributed by atoms with Gasteiger partial charge < -0.3 is 10.8 Å². The standard InChI is InChI=1S/C9H11BrClNO.ClH/c10-6-1-2-8(11)7(5-6)9(12)3-4-13;/h1-2,5,9,13H,3-4,12H2;1H/t9-;/m0./s1. The van der Waals surface area contributed by atoms with E-state index < -0.39 is 0 Å². The summed E-state index contributed by atoms with van der Waals surface area (Å²) in [4.78, 5) is 0. The summed E-state index contributed by atoms with van der Waals surface area (Å²) in [5.74, 6) is 0. The molecule has 80 valence electrons. The van der Waals surface area contributed by atoms with Crippen LogP contribution in [0.2, 0.25) is 5.02 Å². The lowest BCUT2D eigenvalue weighted by molar-refractivity contribution is 0.276. The molecule has 0 aliphatic heterocycles. The quantitative estimate of drug-likeness (QED) is 0.901. The van der Waals surface area contributed by atoms with Crippen molar-refractivity contribution in [3.05, 3.63) is 33.3 Å². The Kier molecular flexibility index (Phi) is 6.74. The predicted molar refractivity (Wildman–Crippen MR) is 65.0 cm³/mol. The van der Waals surface area contributed by atoms with Crippen LogP contribution in [0.1, 0.15) is 18.0 Å². The Morgan fingerprint density at radius 1 is 1.50 bits per heavy atom. The molecule has 0 saturated carbocycles. The van der Waals surface area contributed by atoms with Crippen LogP contribution in [0.3, 0.4) is 0 Å². The van der Waals surface area contributed by atoms with Crippen molar-refractivity contribution >= 4 is 39.9 Å². The van der Waals surface area contributed by atoms with E-state index in [-0.39, 0.29) is 25.1 Å². The number of hydrogen-bond acceptors (Lipinski definition) is 2. The van der Waals surface area contributed by atoms with E-state index >= 15 is 0 Å². The van der Waals surface area contributed by atoms with Crippen molar-refractivity contribution in [2.75, 3.05) is 6.61 Å². The number of nitrogens with two attached hydrogens (primary N) is 1. The van der Waals surface area contributed by atoms with Crippen LogP contribution in [0, 0.1) is 0 Å². The molecule has 0 aliphatic rings. The van der Waals surface area contributed by atoms with Gasteiger partial charge in [0.25, 0.3) is 0 Å². The van der Waals surface area contributed by atoms with Crippen LogP contribution in [-0.4, -0.2) is 11.7 Å². The summed E-state index contributed by atoms with van der Waals surface area (Å²) in [7, 11) is 0. The van der Waals surface area contributed by atoms with Gasteiger partial charge in [-0.2, -0.15) is 0 Å². The molecule has 0 fully saturated rings. The number of aliphatic hydroxyl groups excluding tert-OH is 1. The highest BCUT2D eigenvalue weighted by Crippen LogP contribution is 2.26. The fraction of sp³-hybridized carbons (Fsp3) is 0.333. The average Bonchev–Trinajstić information content (AvgIpc) is 2.09. The summed E-state index contributed by atoms with van der Waals surface area (Å²) >= 11 is 9.28. The van der Waals surface area contributed by atoms with Gasteiger partial charge in [-0.25, -0.2) is 0 Å². The van der Waals surface area contributed by atoms with Crippen LogP contribution in [0.4, 0.5) is 0 Å². The topological polar surface area (TPSA) is 46.2 Å². The van der Waals surface area contributed by atoms with E-state index in [2.05, 4.69) is 15.9 Å². The summed E-state index contributed by atoms with van der Waals surface area (Å²) in [5, 5.41) is 9.37. The van der Waals surface area contributed by atoms with Gasteiger partial charge in [0.2, 0.25) is 0 Å². The third-order valence-corrected chi connectivity index (χ3v) is 2.64. The maximum atomic E-state index is 8.72. The van der Waals surface area contributed by atoms with Gasteiger partial charge in [-0.05, 0) is 30.2 Å². The number of halogens is 3. The Bertz CT molecular complexity index is 296. The number of rotatable bonds is 3. The minimum Gasteiger partial charge on any atom is -0.396 e. The van der Waals surface area contributed by atoms with Crippen molar-refractivity contribution in [2.24, 2.45) is 5.73 Å². The Morgan fingerprint density at radius 2 is 2.14 bits per heavy atom. The minimum absolute atomic E-state index is 0. The first-order chi connectivity index (χ1) is 6.15. The molecule has 14 heavy (non-hydrogen) atoms. The van der Waals surface area contributed by atoms with Crippen molar-refractivity contribution in [1.29, 1.82) is 0 Å². The zero-order valence-electron chi connectivity index (χ0n) is 7.41. The first-order valence-corrected chi connectivity index (χ1v) is 5.13. The molecule has 1 aromatic rings. The largest absolute Gasteiger partial charge is 0.396 e. The molecule has 1 rings (SSSR count). The van der Waals surface area contributed by atoms with Crippen molar-refractivity contribution in [2.45, 2.75) is 12.5 Å². The van der Waals surface area contributed by atoms with Crippen LogP contribution in [0.15, 0.2) is 22.7 Å². The fourth-order valence-corrected chi connectivity index (χ4v) is 1.73. The van der Waals surface area contributed by atoms with E-state index in [0.29, 0.717) is 11.4 Å². The normalized spacial score (nSPS) is 12.0. The van der Waals surface area contributed by atoms with Crippen molar-refractivity contribution in [3.63, 3.8) is 0 Å². The summed E-state index contributed by atoms with van der Waals surface area (Å²) in [6.45, 7) is 0.0734. The Balaban J connectivity index is 0.00000169. The van der Waals surface area contributed by atoms with E-state index in [4.69, 9.17) is 22.4 Å². The fourth-order valence-electron chi connectivity index (χ4n) is 1.09. The molecular weight excluding hydrogens is 289 g/mol. The van der Waals surface area contributed by atoms with E-state index in [1.54, 1.807) is 6.07 Å². The molecule has 0 radical (unpaired) electrons. The average molecular weight is 301 g/mol. The lowest BCUT2D eigenvalue weighted by Crippen LogP contribution is -2.12. The van der Waals surface area contributed by atoms with Crippen LogP contribution < -0.4 is 5.73 Å². The van der Waals surface area contributed by atoms with Crippen molar-refractivity contribution < 1.29 is 5.11 Å². The molecule has 0 aromatic heterocycles. The van der Waals surface area contributed by atoms with Gasteiger partial charge in [-0.15, -0.1) is 12.4 Å². The molecule has 0 spiro atoms. The maximum Gasteiger partial charge on any atom is 0.0454 e. The molecule has 0 heterocycles. The lowest BCUT2D eigenvalue weighted by atomic mass is 10.1. The van der Waals surface area contributed by atoms with E-state index in [1.807, 2.05) is 12.1 Å². The molecule has 0 bridgehead atoms. The molecule has 0 unspecified atom stereocenters. The van der Waals surface area contributed by atoms with Crippen LogP contribution >= 0.6 is 39.9 Å². The number of benzene rings is 1. The Hall–Kier alpha value is 0.200. The zero-order valence-corrected chi connectivity index (χ0v) is 10.6. The Labute approximate surface area is 103 Å². The van der Waals surface area contributed by atoms with Crippen LogP contribution in [0.25, 0.3) is 0 Å². The molecule has 1 atom stereocenters. The molecule has 0 amide bonds. The first kappa shape index (κ1) is 14.2. The molecule has 2 nitrogen and oxygen atoms in total. The molecule has 3 N–H and O–H groups in total. The maximum absolute atomic E-state index is 8.72. The SMILES string of the molecule is Cl.N[C@@H](CCO)c1cc(Br)ccc1Cl. The van der Waals surface area contributed by atoms with Crippen LogP contribution in [-0.2, 0) is 0 Å². The monoisotopic (exact) mass is 299 g/mol. The van der Waals surface area contributed by atoms with E-state index in [1.165, 1.54) is 0 Å². The van der Waals surface area contributed by atoms with Crippen LogP contribution in [0.5, 0.6) is 0 Å². The molecule has 0 aliphatic carbocycles. The molecule has 5 heteroatoms. The zero-order chi connectivity index (χ0) is 9.84. The Morgan fingerprint density at radius 3 is 2.71 bits per heavy atom. The predicted octanol–water partition coefficient (Wildman–Crippen LogP) is 2.91. The molecule has 0 saturated heterocycles.